The van der Waals surface area contributed by atoms with Crippen LogP contribution in [0.15, 0.2) is 17.3 Å². The van der Waals surface area contributed by atoms with Gasteiger partial charge in [-0.1, -0.05) is 0 Å². The highest BCUT2D eigenvalue weighted by atomic mass is 32.2. The third-order valence-electron chi connectivity index (χ3n) is 1.64. The molecular formula is C6H11N3O4S2. The zero-order valence-corrected chi connectivity index (χ0v) is 10.1. The largest absolute Gasteiger partial charge is 0.323 e. The third kappa shape index (κ3) is 2.19. The molecule has 0 N–H and O–H groups in total. The minimum Gasteiger partial charge on any atom is -0.222 e. The van der Waals surface area contributed by atoms with Gasteiger partial charge in [0.15, 0.2) is 14.9 Å². The first-order valence-corrected chi connectivity index (χ1v) is 7.13. The molecule has 0 aromatic carbocycles. The molecular weight excluding hydrogens is 242 g/mol. The van der Waals surface area contributed by atoms with Gasteiger partial charge in [0.1, 0.15) is 0 Å². The zero-order chi connectivity index (χ0) is 11.9. The summed E-state index contributed by atoms with van der Waals surface area (Å²) in [5.41, 5.74) is 0. The second-order valence-corrected chi connectivity index (χ2v) is 7.01. The van der Waals surface area contributed by atoms with Crippen LogP contribution >= 0.6 is 0 Å². The Morgan fingerprint density at radius 3 is 2.20 bits per heavy atom. The van der Waals surface area contributed by atoms with Crippen LogP contribution in [0.2, 0.25) is 0 Å². The Balaban J connectivity index is 3.50. The molecule has 0 spiro atoms. The number of sulfone groups is 1. The van der Waals surface area contributed by atoms with Crippen molar-refractivity contribution < 1.29 is 16.8 Å². The van der Waals surface area contributed by atoms with Gasteiger partial charge in [0, 0.05) is 20.4 Å². The second kappa shape index (κ2) is 3.58. The highest BCUT2D eigenvalue weighted by Crippen LogP contribution is 2.11. The average molecular weight is 253 g/mol. The van der Waals surface area contributed by atoms with Crippen molar-refractivity contribution in [2.24, 2.45) is 0 Å². The van der Waals surface area contributed by atoms with Gasteiger partial charge < -0.3 is 0 Å². The first kappa shape index (κ1) is 12.1. The highest BCUT2D eigenvalue weighted by Gasteiger charge is 2.25. The minimum absolute atomic E-state index is 0.351. The Bertz CT molecular complexity index is 555. The van der Waals surface area contributed by atoms with Crippen LogP contribution in [0.25, 0.3) is 0 Å². The van der Waals surface area contributed by atoms with E-state index in [1.54, 1.807) is 0 Å². The van der Waals surface area contributed by atoms with Crippen LogP contribution in [-0.4, -0.2) is 50.7 Å². The van der Waals surface area contributed by atoms with Crippen molar-refractivity contribution in [2.75, 3.05) is 20.4 Å². The van der Waals surface area contributed by atoms with Crippen molar-refractivity contribution in [2.45, 2.75) is 5.03 Å². The Kier molecular flexibility index (Phi) is 2.90. The Morgan fingerprint density at radius 2 is 1.80 bits per heavy atom. The van der Waals surface area contributed by atoms with Crippen LogP contribution < -0.4 is 0 Å². The minimum atomic E-state index is -3.89. The van der Waals surface area contributed by atoms with Gasteiger partial charge in [-0.25, -0.2) is 8.42 Å². The zero-order valence-electron chi connectivity index (χ0n) is 8.45. The van der Waals surface area contributed by atoms with E-state index in [0.29, 0.717) is 4.09 Å². The van der Waals surface area contributed by atoms with E-state index in [9.17, 15) is 16.8 Å². The summed E-state index contributed by atoms with van der Waals surface area (Å²) >= 11 is 0. The molecule has 1 aromatic rings. The van der Waals surface area contributed by atoms with Gasteiger partial charge in [-0.05, 0) is 6.07 Å². The predicted molar refractivity (Wildman–Crippen MR) is 53.3 cm³/mol. The lowest BCUT2D eigenvalue weighted by Gasteiger charge is -2.12. The molecule has 15 heavy (non-hydrogen) atoms. The topological polar surface area (TPSA) is 89.3 Å². The fourth-order valence-corrected chi connectivity index (χ4v) is 2.97. The summed E-state index contributed by atoms with van der Waals surface area (Å²) in [4.78, 5) is 0. The molecule has 86 valence electrons. The molecule has 0 bridgehead atoms. The molecule has 0 unspecified atom stereocenters. The Morgan fingerprint density at radius 1 is 1.27 bits per heavy atom. The van der Waals surface area contributed by atoms with Gasteiger partial charge in [-0.2, -0.15) is 17.8 Å². The molecule has 1 heterocycles. The summed E-state index contributed by atoms with van der Waals surface area (Å²) in [5, 5.41) is 3.13. The molecule has 0 radical (unpaired) electrons. The molecule has 0 aliphatic rings. The molecule has 0 atom stereocenters. The molecule has 1 rings (SSSR count). The van der Waals surface area contributed by atoms with E-state index < -0.39 is 20.0 Å². The van der Waals surface area contributed by atoms with Crippen molar-refractivity contribution in [3.05, 3.63) is 12.3 Å². The van der Waals surface area contributed by atoms with E-state index in [1.807, 2.05) is 0 Å². The molecule has 9 heteroatoms. The predicted octanol–water partition coefficient (Wildman–Crippen LogP) is -1.06. The number of nitrogens with zero attached hydrogens (tertiary/aromatic N) is 3. The van der Waals surface area contributed by atoms with Crippen molar-refractivity contribution in [3.8, 4) is 0 Å². The van der Waals surface area contributed by atoms with E-state index >= 15 is 0 Å². The van der Waals surface area contributed by atoms with Crippen molar-refractivity contribution in [1.82, 2.24) is 13.5 Å². The molecule has 0 saturated carbocycles. The molecule has 7 nitrogen and oxygen atoms in total. The van der Waals surface area contributed by atoms with Gasteiger partial charge in [0.2, 0.25) is 0 Å². The van der Waals surface area contributed by atoms with Gasteiger partial charge in [-0.15, -0.1) is 4.09 Å². The monoisotopic (exact) mass is 253 g/mol. The molecule has 0 amide bonds. The fourth-order valence-electron chi connectivity index (χ4n) is 0.872. The van der Waals surface area contributed by atoms with Crippen molar-refractivity contribution in [3.63, 3.8) is 0 Å². The maximum Gasteiger partial charge on any atom is 0.323 e. The lowest BCUT2D eigenvalue weighted by molar-refractivity contribution is 0.495. The summed E-state index contributed by atoms with van der Waals surface area (Å²) in [6.45, 7) is 0. The van der Waals surface area contributed by atoms with Crippen molar-refractivity contribution >= 4 is 20.0 Å². The van der Waals surface area contributed by atoms with E-state index in [1.165, 1.54) is 14.1 Å². The normalized spacial score (nSPS) is 13.3. The summed E-state index contributed by atoms with van der Waals surface area (Å²) < 4.78 is 47.1. The van der Waals surface area contributed by atoms with Gasteiger partial charge in [0.25, 0.3) is 0 Å². The quantitative estimate of drug-likeness (QED) is 0.685. The van der Waals surface area contributed by atoms with Crippen LogP contribution in [0.3, 0.4) is 0 Å². The SMILES string of the molecule is CN(C)S(=O)(=O)n1nccc1S(C)(=O)=O. The summed E-state index contributed by atoms with van der Waals surface area (Å²) in [6, 6.07) is 1.14. The summed E-state index contributed by atoms with van der Waals surface area (Å²) in [5.74, 6) is 0. The number of aromatic nitrogens is 2. The maximum atomic E-state index is 11.6. The van der Waals surface area contributed by atoms with Gasteiger partial charge in [-0.3, -0.25) is 0 Å². The van der Waals surface area contributed by atoms with Gasteiger partial charge >= 0.3 is 10.2 Å². The summed E-state index contributed by atoms with van der Waals surface area (Å²) in [6.07, 6.45) is 2.04. The lowest BCUT2D eigenvalue weighted by Crippen LogP contribution is -2.31. The first-order valence-electron chi connectivity index (χ1n) is 3.84. The van der Waals surface area contributed by atoms with Crippen LogP contribution in [0.4, 0.5) is 0 Å². The molecule has 0 aliphatic carbocycles. The van der Waals surface area contributed by atoms with E-state index in [4.69, 9.17) is 0 Å². The van der Waals surface area contributed by atoms with Crippen LogP contribution in [0, 0.1) is 0 Å². The lowest BCUT2D eigenvalue weighted by atomic mass is 10.8. The molecule has 0 saturated heterocycles. The second-order valence-electron chi connectivity index (χ2n) is 3.07. The fraction of sp³-hybridized carbons (Fsp3) is 0.500. The van der Waals surface area contributed by atoms with E-state index in [-0.39, 0.29) is 5.03 Å². The standard InChI is InChI=1S/C6H11N3O4S2/c1-8(2)15(12,13)9-6(4-5-7-9)14(3,10)11/h4-5H,1-3H3. The summed E-state index contributed by atoms with van der Waals surface area (Å²) in [7, 11) is -4.91. The third-order valence-corrected chi connectivity index (χ3v) is 4.47. The van der Waals surface area contributed by atoms with E-state index in [0.717, 1.165) is 22.8 Å². The van der Waals surface area contributed by atoms with Crippen LogP contribution in [0.5, 0.6) is 0 Å². The molecule has 1 aromatic heterocycles. The van der Waals surface area contributed by atoms with Crippen molar-refractivity contribution in [1.29, 1.82) is 0 Å². The number of hydrogen-bond donors (Lipinski definition) is 0. The van der Waals surface area contributed by atoms with E-state index in [2.05, 4.69) is 5.10 Å². The molecule has 0 fully saturated rings. The average Bonchev–Trinajstić information content (AvgIpc) is 2.49. The molecule has 0 aliphatic heterocycles. The highest BCUT2D eigenvalue weighted by molar-refractivity contribution is 7.92. The Labute approximate surface area is 88.4 Å². The number of hydrogen-bond acceptors (Lipinski definition) is 5. The first-order chi connectivity index (χ1) is 6.67. The van der Waals surface area contributed by atoms with Gasteiger partial charge in [0.05, 0.1) is 6.20 Å². The smallest absolute Gasteiger partial charge is 0.222 e. The number of rotatable bonds is 3. The maximum absolute atomic E-state index is 11.6. The Hall–Kier alpha value is -0.930. The van der Waals surface area contributed by atoms with Crippen LogP contribution in [-0.2, 0) is 20.0 Å². The van der Waals surface area contributed by atoms with Crippen LogP contribution in [0.1, 0.15) is 0 Å².